The minimum absolute atomic E-state index is 0.736. The van der Waals surface area contributed by atoms with Crippen LogP contribution in [-0.2, 0) is 5.75 Å². The van der Waals surface area contributed by atoms with Crippen molar-refractivity contribution in [2.45, 2.75) is 5.75 Å². The number of hydrogen-bond acceptors (Lipinski definition) is 4. The molecule has 1 aromatic rings. The molecule has 0 aromatic carbocycles. The molecule has 3 nitrogen and oxygen atoms in total. The molecule has 0 fully saturated rings. The second kappa shape index (κ2) is 4.97. The number of thioether (sulfide) groups is 1. The van der Waals surface area contributed by atoms with Gasteiger partial charge in [-0.05, 0) is 6.26 Å². The van der Waals surface area contributed by atoms with E-state index in [0.717, 1.165) is 22.9 Å². The molecule has 13 heavy (non-hydrogen) atoms. The first-order valence-corrected chi connectivity index (χ1v) is 5.27. The van der Waals surface area contributed by atoms with E-state index in [-0.39, 0.29) is 0 Å². The minimum atomic E-state index is 0.736. The van der Waals surface area contributed by atoms with Crippen molar-refractivity contribution in [1.29, 1.82) is 0 Å². The van der Waals surface area contributed by atoms with Crippen molar-refractivity contribution in [2.75, 3.05) is 20.5 Å². The van der Waals surface area contributed by atoms with Crippen molar-refractivity contribution in [3.05, 3.63) is 18.0 Å². The van der Waals surface area contributed by atoms with Gasteiger partial charge in [-0.25, -0.2) is 0 Å². The second-order valence-corrected chi connectivity index (χ2v) is 3.29. The fraction of sp³-hybridized carbons (Fsp3) is 0.444. The Morgan fingerprint density at radius 3 is 2.69 bits per heavy atom. The Hall–Kier alpha value is -0.900. The lowest BCUT2D eigenvalue weighted by atomic mass is 10.3. The van der Waals surface area contributed by atoms with Gasteiger partial charge in [0.15, 0.2) is 11.5 Å². The van der Waals surface area contributed by atoms with Gasteiger partial charge in [0.25, 0.3) is 0 Å². The number of methoxy groups -OCH3 is 2. The molecule has 0 aliphatic carbocycles. The summed E-state index contributed by atoms with van der Waals surface area (Å²) in [5.41, 5.74) is 0.925. The molecule has 0 N–H and O–H groups in total. The van der Waals surface area contributed by atoms with Crippen LogP contribution in [0.15, 0.2) is 12.3 Å². The highest BCUT2D eigenvalue weighted by atomic mass is 32.2. The molecule has 0 atom stereocenters. The van der Waals surface area contributed by atoms with E-state index in [1.807, 2.05) is 6.26 Å². The van der Waals surface area contributed by atoms with Crippen LogP contribution in [0.1, 0.15) is 5.69 Å². The van der Waals surface area contributed by atoms with E-state index in [1.54, 1.807) is 38.2 Å². The fourth-order valence-electron chi connectivity index (χ4n) is 1.09. The van der Waals surface area contributed by atoms with Crippen molar-refractivity contribution in [1.82, 2.24) is 4.98 Å². The van der Waals surface area contributed by atoms with Crippen LogP contribution in [0, 0.1) is 0 Å². The first-order valence-electron chi connectivity index (χ1n) is 3.88. The number of rotatable bonds is 4. The maximum atomic E-state index is 5.22. The predicted octanol–water partition coefficient (Wildman–Crippen LogP) is 1.96. The van der Waals surface area contributed by atoms with Gasteiger partial charge in [-0.2, -0.15) is 11.8 Å². The van der Waals surface area contributed by atoms with Crippen LogP contribution in [0.2, 0.25) is 0 Å². The molecule has 0 amide bonds. The summed E-state index contributed by atoms with van der Waals surface area (Å²) in [5.74, 6) is 2.31. The molecule has 72 valence electrons. The Morgan fingerprint density at radius 2 is 2.15 bits per heavy atom. The van der Waals surface area contributed by atoms with E-state index < -0.39 is 0 Å². The first kappa shape index (κ1) is 10.2. The van der Waals surface area contributed by atoms with Crippen LogP contribution < -0.4 is 9.47 Å². The number of ether oxygens (including phenoxy) is 2. The zero-order valence-electron chi connectivity index (χ0n) is 8.03. The molecular weight excluding hydrogens is 186 g/mol. The summed E-state index contributed by atoms with van der Waals surface area (Å²) in [7, 11) is 3.25. The fourth-order valence-corrected chi connectivity index (χ4v) is 1.57. The summed E-state index contributed by atoms with van der Waals surface area (Å²) in [6, 6.07) is 1.79. The standard InChI is InChI=1S/C9H13NO2S/c1-11-8-4-5-10-7(6-13-3)9(8)12-2/h4-5H,6H2,1-3H3. The molecule has 0 aliphatic rings. The van der Waals surface area contributed by atoms with E-state index >= 15 is 0 Å². The normalized spacial score (nSPS) is 9.77. The first-order chi connectivity index (χ1) is 6.33. The third-order valence-electron chi connectivity index (χ3n) is 1.65. The van der Waals surface area contributed by atoms with Crippen molar-refractivity contribution in [3.8, 4) is 11.5 Å². The number of hydrogen-bond donors (Lipinski definition) is 0. The lowest BCUT2D eigenvalue weighted by Crippen LogP contribution is -1.97. The van der Waals surface area contributed by atoms with Gasteiger partial charge in [-0.15, -0.1) is 0 Å². The number of pyridine rings is 1. The molecule has 0 unspecified atom stereocenters. The van der Waals surface area contributed by atoms with E-state index in [1.165, 1.54) is 0 Å². The van der Waals surface area contributed by atoms with Gasteiger partial charge in [-0.1, -0.05) is 0 Å². The molecule has 1 heterocycles. The predicted molar refractivity (Wildman–Crippen MR) is 54.6 cm³/mol. The largest absolute Gasteiger partial charge is 0.493 e. The van der Waals surface area contributed by atoms with Gasteiger partial charge >= 0.3 is 0 Å². The van der Waals surface area contributed by atoms with E-state index in [2.05, 4.69) is 4.98 Å². The van der Waals surface area contributed by atoms with Crippen LogP contribution in [0.4, 0.5) is 0 Å². The van der Waals surface area contributed by atoms with Crippen molar-refractivity contribution in [2.24, 2.45) is 0 Å². The molecule has 1 rings (SSSR count). The average molecular weight is 199 g/mol. The monoisotopic (exact) mass is 199 g/mol. The van der Waals surface area contributed by atoms with Gasteiger partial charge in [0, 0.05) is 18.0 Å². The average Bonchev–Trinajstić information content (AvgIpc) is 2.18. The summed E-state index contributed by atoms with van der Waals surface area (Å²) >= 11 is 1.71. The van der Waals surface area contributed by atoms with E-state index in [4.69, 9.17) is 9.47 Å². The lowest BCUT2D eigenvalue weighted by Gasteiger charge is -2.10. The molecule has 0 saturated carbocycles. The number of nitrogens with zero attached hydrogens (tertiary/aromatic N) is 1. The Kier molecular flexibility index (Phi) is 3.89. The molecule has 1 aromatic heterocycles. The van der Waals surface area contributed by atoms with Gasteiger partial charge in [0.1, 0.15) is 0 Å². The minimum Gasteiger partial charge on any atom is -0.493 e. The third-order valence-corrected chi connectivity index (χ3v) is 2.21. The van der Waals surface area contributed by atoms with Gasteiger partial charge in [-0.3, -0.25) is 4.98 Å². The lowest BCUT2D eigenvalue weighted by molar-refractivity contribution is 0.350. The summed E-state index contributed by atoms with van der Waals surface area (Å²) < 4.78 is 10.4. The molecule has 4 heteroatoms. The highest BCUT2D eigenvalue weighted by molar-refractivity contribution is 7.97. The molecule has 0 aliphatic heterocycles. The summed E-state index contributed by atoms with van der Waals surface area (Å²) in [5, 5.41) is 0. The second-order valence-electron chi connectivity index (χ2n) is 2.43. The van der Waals surface area contributed by atoms with Gasteiger partial charge in [0.2, 0.25) is 0 Å². The SMILES string of the molecule is COc1ccnc(CSC)c1OC. The highest BCUT2D eigenvalue weighted by Gasteiger charge is 2.09. The summed E-state index contributed by atoms with van der Waals surface area (Å²) in [6.45, 7) is 0. The highest BCUT2D eigenvalue weighted by Crippen LogP contribution is 2.30. The van der Waals surface area contributed by atoms with Crippen LogP contribution in [0.25, 0.3) is 0 Å². The Morgan fingerprint density at radius 1 is 1.38 bits per heavy atom. The van der Waals surface area contributed by atoms with Crippen LogP contribution in [0.3, 0.4) is 0 Å². The van der Waals surface area contributed by atoms with Gasteiger partial charge < -0.3 is 9.47 Å². The molecule has 0 bridgehead atoms. The van der Waals surface area contributed by atoms with E-state index in [9.17, 15) is 0 Å². The zero-order valence-corrected chi connectivity index (χ0v) is 8.85. The maximum Gasteiger partial charge on any atom is 0.183 e. The van der Waals surface area contributed by atoms with Gasteiger partial charge in [0.05, 0.1) is 19.9 Å². The Balaban J connectivity index is 3.03. The van der Waals surface area contributed by atoms with E-state index in [0.29, 0.717) is 0 Å². The molecule has 0 spiro atoms. The molecule has 0 saturated heterocycles. The topological polar surface area (TPSA) is 31.4 Å². The molecule has 0 radical (unpaired) electrons. The Labute approximate surface area is 82.5 Å². The van der Waals surface area contributed by atoms with Crippen LogP contribution in [0.5, 0.6) is 11.5 Å². The quantitative estimate of drug-likeness (QED) is 0.742. The van der Waals surface area contributed by atoms with Crippen molar-refractivity contribution < 1.29 is 9.47 Å². The van der Waals surface area contributed by atoms with Crippen LogP contribution in [-0.4, -0.2) is 25.5 Å². The maximum absolute atomic E-state index is 5.22. The van der Waals surface area contributed by atoms with Crippen molar-refractivity contribution >= 4 is 11.8 Å². The summed E-state index contributed by atoms with van der Waals surface area (Å²) in [4.78, 5) is 4.22. The van der Waals surface area contributed by atoms with Crippen molar-refractivity contribution in [3.63, 3.8) is 0 Å². The number of aromatic nitrogens is 1. The Bertz CT molecular complexity index is 278. The summed E-state index contributed by atoms with van der Waals surface area (Å²) in [6.07, 6.45) is 3.76. The smallest absolute Gasteiger partial charge is 0.183 e. The molecular formula is C9H13NO2S. The van der Waals surface area contributed by atoms with Crippen LogP contribution >= 0.6 is 11.8 Å². The zero-order chi connectivity index (χ0) is 9.68. The third kappa shape index (κ3) is 2.28.